The Bertz CT molecular complexity index is 429. The Morgan fingerprint density at radius 1 is 1.53 bits per heavy atom. The van der Waals surface area contributed by atoms with Crippen molar-refractivity contribution < 1.29 is 13.9 Å². The normalized spacial score (nSPS) is 12.0. The maximum Gasteiger partial charge on any atom is 0.260 e. The number of amides is 1. The van der Waals surface area contributed by atoms with Crippen molar-refractivity contribution in [3.05, 3.63) is 29.0 Å². The van der Waals surface area contributed by atoms with Gasteiger partial charge in [0.05, 0.1) is 5.02 Å². The van der Waals surface area contributed by atoms with E-state index >= 15 is 0 Å². The van der Waals surface area contributed by atoms with E-state index in [0.717, 1.165) is 18.9 Å². The number of halogens is 2. The first-order valence-electron chi connectivity index (χ1n) is 6.14. The van der Waals surface area contributed by atoms with Crippen LogP contribution in [0.15, 0.2) is 18.2 Å². The molecule has 0 aromatic heterocycles. The molecule has 0 spiro atoms. The number of ether oxygens (including phenoxy) is 1. The molecule has 6 heteroatoms. The molecule has 106 valence electrons. The largest absolute Gasteiger partial charge is 0.479 e. The van der Waals surface area contributed by atoms with Gasteiger partial charge in [-0.05, 0) is 44.5 Å². The molecule has 0 bridgehead atoms. The molecule has 3 N–H and O–H groups in total. The number of carbonyl (C=O) groups excluding carboxylic acids is 1. The molecule has 0 saturated heterocycles. The average Bonchev–Trinajstić information content (AvgIpc) is 2.37. The third-order valence-electron chi connectivity index (χ3n) is 2.50. The van der Waals surface area contributed by atoms with Gasteiger partial charge < -0.3 is 15.8 Å². The van der Waals surface area contributed by atoms with Crippen LogP contribution in [0.1, 0.15) is 19.8 Å². The highest BCUT2D eigenvalue weighted by Crippen LogP contribution is 2.25. The summed E-state index contributed by atoms with van der Waals surface area (Å²) in [5.41, 5.74) is 5.35. The van der Waals surface area contributed by atoms with Crippen LogP contribution in [-0.4, -0.2) is 25.1 Å². The van der Waals surface area contributed by atoms with Gasteiger partial charge in [0.1, 0.15) is 11.6 Å². The van der Waals surface area contributed by atoms with E-state index in [2.05, 4.69) is 5.32 Å². The van der Waals surface area contributed by atoms with Crippen molar-refractivity contribution in [3.63, 3.8) is 0 Å². The fourth-order valence-corrected chi connectivity index (χ4v) is 1.65. The van der Waals surface area contributed by atoms with Gasteiger partial charge in [0, 0.05) is 6.54 Å². The summed E-state index contributed by atoms with van der Waals surface area (Å²) in [6.07, 6.45) is 0.992. The Hall–Kier alpha value is -1.33. The van der Waals surface area contributed by atoms with E-state index in [0.29, 0.717) is 13.1 Å². The van der Waals surface area contributed by atoms with Gasteiger partial charge in [-0.25, -0.2) is 4.39 Å². The van der Waals surface area contributed by atoms with Gasteiger partial charge in [-0.3, -0.25) is 4.79 Å². The fourth-order valence-electron chi connectivity index (χ4n) is 1.44. The van der Waals surface area contributed by atoms with E-state index in [1.165, 1.54) is 12.1 Å². The van der Waals surface area contributed by atoms with Crippen molar-refractivity contribution in [2.45, 2.75) is 25.9 Å². The van der Waals surface area contributed by atoms with E-state index in [1.807, 2.05) is 0 Å². The standard InChI is InChI=1S/C13H18ClFN2O2/c1-9(13(18)17-7-3-2-6-16)19-12-5-4-10(15)8-11(12)14/h4-5,8-9H,2-3,6-7,16H2,1H3,(H,17,18). The van der Waals surface area contributed by atoms with Crippen LogP contribution < -0.4 is 15.8 Å². The molecule has 1 amide bonds. The second-order valence-electron chi connectivity index (χ2n) is 4.12. The third kappa shape index (κ3) is 5.44. The molecule has 1 unspecified atom stereocenters. The smallest absolute Gasteiger partial charge is 0.260 e. The quantitative estimate of drug-likeness (QED) is 0.755. The van der Waals surface area contributed by atoms with Crippen LogP contribution in [0.2, 0.25) is 5.02 Å². The molecule has 0 saturated carbocycles. The molecular weight excluding hydrogens is 271 g/mol. The monoisotopic (exact) mass is 288 g/mol. The summed E-state index contributed by atoms with van der Waals surface area (Å²) < 4.78 is 18.2. The third-order valence-corrected chi connectivity index (χ3v) is 2.79. The summed E-state index contributed by atoms with van der Waals surface area (Å²) in [5, 5.41) is 2.87. The Labute approximate surface area is 117 Å². The van der Waals surface area contributed by atoms with Crippen molar-refractivity contribution in [1.82, 2.24) is 5.32 Å². The molecule has 0 aliphatic rings. The van der Waals surface area contributed by atoms with Crippen LogP contribution in [0.25, 0.3) is 0 Å². The Morgan fingerprint density at radius 3 is 2.89 bits per heavy atom. The number of nitrogens with one attached hydrogen (secondary N) is 1. The van der Waals surface area contributed by atoms with E-state index in [4.69, 9.17) is 22.1 Å². The predicted molar refractivity (Wildman–Crippen MR) is 72.8 cm³/mol. The number of benzene rings is 1. The molecule has 1 aromatic rings. The fraction of sp³-hybridized carbons (Fsp3) is 0.462. The predicted octanol–water partition coefficient (Wildman–Crippen LogP) is 2.10. The molecule has 0 aliphatic carbocycles. The molecule has 1 atom stereocenters. The first kappa shape index (κ1) is 15.7. The topological polar surface area (TPSA) is 64.3 Å². The van der Waals surface area contributed by atoms with Crippen molar-refractivity contribution in [2.24, 2.45) is 5.73 Å². The first-order valence-corrected chi connectivity index (χ1v) is 6.52. The van der Waals surface area contributed by atoms with Crippen LogP contribution in [0.3, 0.4) is 0 Å². The minimum atomic E-state index is -0.694. The highest BCUT2D eigenvalue weighted by molar-refractivity contribution is 6.32. The zero-order chi connectivity index (χ0) is 14.3. The van der Waals surface area contributed by atoms with Gasteiger partial charge in [0.25, 0.3) is 5.91 Å². The van der Waals surface area contributed by atoms with E-state index < -0.39 is 11.9 Å². The minimum absolute atomic E-state index is 0.141. The summed E-state index contributed by atoms with van der Waals surface area (Å²) in [5.74, 6) is -0.402. The first-order chi connectivity index (χ1) is 9.04. The molecule has 0 heterocycles. The Morgan fingerprint density at radius 2 is 2.26 bits per heavy atom. The minimum Gasteiger partial charge on any atom is -0.479 e. The van der Waals surface area contributed by atoms with E-state index in [1.54, 1.807) is 6.92 Å². The maximum absolute atomic E-state index is 12.9. The zero-order valence-electron chi connectivity index (χ0n) is 10.8. The van der Waals surface area contributed by atoms with Gasteiger partial charge >= 0.3 is 0 Å². The lowest BCUT2D eigenvalue weighted by Crippen LogP contribution is -2.37. The molecule has 4 nitrogen and oxygen atoms in total. The number of nitrogens with two attached hydrogens (primary N) is 1. The number of carbonyl (C=O) groups is 1. The SMILES string of the molecule is CC(Oc1ccc(F)cc1Cl)C(=O)NCCCCN. The van der Waals surface area contributed by atoms with Crippen molar-refractivity contribution in [1.29, 1.82) is 0 Å². The molecule has 0 radical (unpaired) electrons. The zero-order valence-corrected chi connectivity index (χ0v) is 11.5. The van der Waals surface area contributed by atoms with Gasteiger partial charge in [-0.15, -0.1) is 0 Å². The van der Waals surface area contributed by atoms with Crippen LogP contribution in [-0.2, 0) is 4.79 Å². The van der Waals surface area contributed by atoms with E-state index in [-0.39, 0.29) is 16.7 Å². The Kier molecular flexibility index (Phi) is 6.59. The van der Waals surface area contributed by atoms with Crippen molar-refractivity contribution in [3.8, 4) is 5.75 Å². The van der Waals surface area contributed by atoms with Crippen LogP contribution in [0, 0.1) is 5.82 Å². The molecule has 0 aliphatic heterocycles. The lowest BCUT2D eigenvalue weighted by molar-refractivity contribution is -0.127. The summed E-state index contributed by atoms with van der Waals surface area (Å²) in [4.78, 5) is 11.7. The summed E-state index contributed by atoms with van der Waals surface area (Å²) >= 11 is 5.81. The second-order valence-corrected chi connectivity index (χ2v) is 4.53. The molecule has 19 heavy (non-hydrogen) atoms. The maximum atomic E-state index is 12.9. The number of hydrogen-bond acceptors (Lipinski definition) is 3. The van der Waals surface area contributed by atoms with E-state index in [9.17, 15) is 9.18 Å². The highest BCUT2D eigenvalue weighted by Gasteiger charge is 2.15. The molecule has 1 rings (SSSR count). The molecular formula is C13H18ClFN2O2. The van der Waals surface area contributed by atoms with Gasteiger partial charge in [0.2, 0.25) is 0 Å². The van der Waals surface area contributed by atoms with Gasteiger partial charge in [0.15, 0.2) is 6.10 Å². The van der Waals surface area contributed by atoms with Gasteiger partial charge in [-0.1, -0.05) is 11.6 Å². The van der Waals surface area contributed by atoms with Crippen molar-refractivity contribution in [2.75, 3.05) is 13.1 Å². The van der Waals surface area contributed by atoms with Crippen LogP contribution >= 0.6 is 11.6 Å². The number of hydrogen-bond donors (Lipinski definition) is 2. The molecule has 0 fully saturated rings. The number of rotatable bonds is 7. The lowest BCUT2D eigenvalue weighted by Gasteiger charge is -2.15. The Balaban J connectivity index is 2.45. The summed E-state index contributed by atoms with van der Waals surface area (Å²) in [6.45, 7) is 2.77. The van der Waals surface area contributed by atoms with Crippen LogP contribution in [0.5, 0.6) is 5.75 Å². The second kappa shape index (κ2) is 7.96. The average molecular weight is 289 g/mol. The summed E-state index contributed by atoms with van der Waals surface area (Å²) in [6, 6.07) is 3.77. The van der Waals surface area contributed by atoms with Crippen LogP contribution in [0.4, 0.5) is 4.39 Å². The lowest BCUT2D eigenvalue weighted by atomic mass is 10.3. The van der Waals surface area contributed by atoms with Crippen molar-refractivity contribution >= 4 is 17.5 Å². The highest BCUT2D eigenvalue weighted by atomic mass is 35.5. The summed E-state index contributed by atoms with van der Waals surface area (Å²) in [7, 11) is 0. The van der Waals surface area contributed by atoms with Gasteiger partial charge in [-0.2, -0.15) is 0 Å². The molecule has 1 aromatic carbocycles. The number of unbranched alkanes of at least 4 members (excludes halogenated alkanes) is 1.